The van der Waals surface area contributed by atoms with E-state index in [9.17, 15) is 9.90 Å². The predicted octanol–water partition coefficient (Wildman–Crippen LogP) is 3.89. The number of carbonyl (C=O) groups is 1. The largest absolute Gasteiger partial charge is 0.484 e. The number of benzene rings is 1. The number of halogens is 1. The molecule has 1 aliphatic heterocycles. The molecule has 9 nitrogen and oxygen atoms in total. The quantitative estimate of drug-likeness (QED) is 0.399. The third kappa shape index (κ3) is 6.51. The Morgan fingerprint density at radius 2 is 2.13 bits per heavy atom. The number of carbonyl (C=O) groups excluding carboxylic acids is 1. The van der Waals surface area contributed by atoms with Crippen LogP contribution in [0.2, 0.25) is 5.02 Å². The molecule has 2 N–H and O–H groups in total. The number of nitrogens with zero attached hydrogens (tertiary/aromatic N) is 4. The molecule has 1 amide bonds. The first-order valence-electron chi connectivity index (χ1n) is 13.3. The number of oxazole rings is 1. The molecular weight excluding hydrogens is 506 g/mol. The number of fused-ring (bicyclic) bond motifs is 1. The number of hydrogen-bond acceptors (Lipinski definition) is 8. The van der Waals surface area contributed by atoms with Crippen molar-refractivity contribution in [3.63, 3.8) is 0 Å². The summed E-state index contributed by atoms with van der Waals surface area (Å²) in [7, 11) is 0. The Morgan fingerprint density at radius 3 is 2.92 bits per heavy atom. The minimum absolute atomic E-state index is 0.152. The molecule has 5 rings (SSSR count). The van der Waals surface area contributed by atoms with E-state index in [2.05, 4.69) is 25.2 Å². The number of rotatable bonds is 10. The molecular formula is C28H34ClN5O4. The van der Waals surface area contributed by atoms with Crippen LogP contribution in [-0.2, 0) is 26.0 Å². The van der Waals surface area contributed by atoms with Gasteiger partial charge in [0.15, 0.2) is 12.2 Å². The molecule has 0 spiro atoms. The molecule has 0 bridgehead atoms. The fourth-order valence-electron chi connectivity index (χ4n) is 5.33. The summed E-state index contributed by atoms with van der Waals surface area (Å²) in [6.07, 6.45) is 8.79. The van der Waals surface area contributed by atoms with Gasteiger partial charge in [0, 0.05) is 31.9 Å². The van der Waals surface area contributed by atoms with E-state index in [-0.39, 0.29) is 19.1 Å². The SMILES string of the molecule is Cc1ncoc1COc1ccc2c(c1Cl)CCN(C[C@@H](O)CNC(=O)c1cc(CC3CCCC3)ncn1)C2. The van der Waals surface area contributed by atoms with Gasteiger partial charge in [-0.3, -0.25) is 9.69 Å². The van der Waals surface area contributed by atoms with Gasteiger partial charge in [-0.2, -0.15) is 0 Å². The van der Waals surface area contributed by atoms with Crippen LogP contribution in [0.3, 0.4) is 0 Å². The number of β-amino-alcohol motifs (C(OH)–C–C–N with tert-alkyl or cyclic N) is 1. The first-order chi connectivity index (χ1) is 18.5. The molecule has 3 aromatic rings. The van der Waals surface area contributed by atoms with E-state index in [1.807, 2.05) is 19.1 Å². The van der Waals surface area contributed by atoms with Crippen molar-refractivity contribution in [2.45, 2.75) is 64.7 Å². The third-order valence-electron chi connectivity index (χ3n) is 7.48. The van der Waals surface area contributed by atoms with Crippen molar-refractivity contribution in [3.05, 3.63) is 69.9 Å². The Hall–Kier alpha value is -3.01. The van der Waals surface area contributed by atoms with Gasteiger partial charge in [0.25, 0.3) is 5.91 Å². The lowest BCUT2D eigenvalue weighted by Crippen LogP contribution is -2.42. The van der Waals surface area contributed by atoms with E-state index >= 15 is 0 Å². The maximum atomic E-state index is 12.6. The average Bonchev–Trinajstić information content (AvgIpc) is 3.58. The number of ether oxygens (including phenoxy) is 1. The summed E-state index contributed by atoms with van der Waals surface area (Å²) in [6, 6.07) is 5.66. The van der Waals surface area contributed by atoms with Crippen molar-refractivity contribution in [1.29, 1.82) is 0 Å². The maximum absolute atomic E-state index is 12.6. The zero-order chi connectivity index (χ0) is 26.5. The van der Waals surface area contributed by atoms with Crippen LogP contribution >= 0.6 is 11.6 Å². The van der Waals surface area contributed by atoms with Crippen LogP contribution in [0.5, 0.6) is 5.75 Å². The molecule has 2 aromatic heterocycles. The number of nitrogens with one attached hydrogen (secondary N) is 1. The van der Waals surface area contributed by atoms with Gasteiger partial charge in [0.05, 0.1) is 16.8 Å². The molecule has 10 heteroatoms. The van der Waals surface area contributed by atoms with Crippen LogP contribution in [0.15, 0.2) is 35.3 Å². The van der Waals surface area contributed by atoms with Gasteiger partial charge in [0.1, 0.15) is 24.4 Å². The lowest BCUT2D eigenvalue weighted by atomic mass is 9.99. The second kappa shape index (κ2) is 12.2. The van der Waals surface area contributed by atoms with Gasteiger partial charge in [-0.15, -0.1) is 0 Å². The predicted molar refractivity (Wildman–Crippen MR) is 142 cm³/mol. The minimum Gasteiger partial charge on any atom is -0.484 e. The lowest BCUT2D eigenvalue weighted by Gasteiger charge is -2.31. The number of aryl methyl sites for hydroxylation is 1. The highest BCUT2D eigenvalue weighted by Gasteiger charge is 2.23. The Labute approximate surface area is 227 Å². The molecule has 2 aliphatic rings. The van der Waals surface area contributed by atoms with Gasteiger partial charge in [-0.05, 0) is 48.9 Å². The van der Waals surface area contributed by atoms with Crippen molar-refractivity contribution in [1.82, 2.24) is 25.2 Å². The highest BCUT2D eigenvalue weighted by Crippen LogP contribution is 2.34. The summed E-state index contributed by atoms with van der Waals surface area (Å²) in [5, 5.41) is 14.1. The fourth-order valence-corrected chi connectivity index (χ4v) is 5.66. The molecule has 3 heterocycles. The van der Waals surface area contributed by atoms with E-state index in [1.165, 1.54) is 38.4 Å². The van der Waals surface area contributed by atoms with E-state index in [0.717, 1.165) is 41.9 Å². The van der Waals surface area contributed by atoms with Crippen molar-refractivity contribution in [2.24, 2.45) is 5.92 Å². The molecule has 1 aromatic carbocycles. The van der Waals surface area contributed by atoms with Crippen molar-refractivity contribution in [2.75, 3.05) is 19.6 Å². The van der Waals surface area contributed by atoms with Crippen molar-refractivity contribution in [3.8, 4) is 5.75 Å². The summed E-state index contributed by atoms with van der Waals surface area (Å²) in [5.74, 6) is 1.65. The smallest absolute Gasteiger partial charge is 0.270 e. The van der Waals surface area contributed by atoms with E-state index in [0.29, 0.717) is 41.2 Å². The van der Waals surface area contributed by atoms with Crippen LogP contribution < -0.4 is 10.1 Å². The molecule has 1 saturated carbocycles. The van der Waals surface area contributed by atoms with Crippen molar-refractivity contribution < 1.29 is 19.1 Å². The second-order valence-electron chi connectivity index (χ2n) is 10.3. The maximum Gasteiger partial charge on any atom is 0.270 e. The van der Waals surface area contributed by atoms with E-state index < -0.39 is 6.10 Å². The standard InChI is InChI=1S/C28H34ClN5O4/c1-18-26(38-17-33-18)15-37-25-7-6-20-13-34(9-8-23(20)27(25)29)14-22(35)12-30-28(36)24-11-21(31-16-32-24)10-19-4-2-3-5-19/h6-7,11,16-17,19,22,35H,2-5,8-10,12-15H2,1H3,(H,30,36)/t22-/m0/s1. The second-order valence-corrected chi connectivity index (χ2v) is 10.6. The number of hydrogen-bond donors (Lipinski definition) is 2. The normalized spacial score (nSPS) is 16.8. The first kappa shape index (κ1) is 26.6. The summed E-state index contributed by atoms with van der Waals surface area (Å²) >= 11 is 6.66. The third-order valence-corrected chi connectivity index (χ3v) is 7.89. The van der Waals surface area contributed by atoms with Crippen LogP contribution in [0.1, 0.15) is 64.4 Å². The fraction of sp³-hybridized carbons (Fsp3) is 0.500. The van der Waals surface area contributed by atoms with Crippen LogP contribution in [0, 0.1) is 12.8 Å². The molecule has 1 atom stereocenters. The zero-order valence-electron chi connectivity index (χ0n) is 21.7. The number of aliphatic hydroxyl groups is 1. The monoisotopic (exact) mass is 539 g/mol. The summed E-state index contributed by atoms with van der Waals surface area (Å²) in [5.41, 5.74) is 4.22. The van der Waals surface area contributed by atoms with E-state index in [1.54, 1.807) is 6.07 Å². The Balaban J connectivity index is 1.10. The molecule has 202 valence electrons. The lowest BCUT2D eigenvalue weighted by molar-refractivity contribution is 0.0837. The Bertz CT molecular complexity index is 1260. The zero-order valence-corrected chi connectivity index (χ0v) is 22.4. The van der Waals surface area contributed by atoms with E-state index in [4.69, 9.17) is 20.8 Å². The van der Waals surface area contributed by atoms with Crippen LogP contribution in [0.4, 0.5) is 0 Å². The topological polar surface area (TPSA) is 114 Å². The van der Waals surface area contributed by atoms with Crippen molar-refractivity contribution >= 4 is 17.5 Å². The molecule has 38 heavy (non-hydrogen) atoms. The number of aliphatic hydroxyl groups excluding tert-OH is 1. The number of aromatic nitrogens is 3. The van der Waals surface area contributed by atoms with Crippen LogP contribution in [-0.4, -0.2) is 56.6 Å². The van der Waals surface area contributed by atoms with Gasteiger partial charge < -0.3 is 19.6 Å². The van der Waals surface area contributed by atoms with Gasteiger partial charge in [0.2, 0.25) is 0 Å². The summed E-state index contributed by atoms with van der Waals surface area (Å²) in [6.45, 7) is 4.15. The Kier molecular flexibility index (Phi) is 8.56. The molecule has 1 fully saturated rings. The molecule has 0 radical (unpaired) electrons. The molecule has 0 unspecified atom stereocenters. The van der Waals surface area contributed by atoms with Crippen LogP contribution in [0.25, 0.3) is 0 Å². The summed E-state index contributed by atoms with van der Waals surface area (Å²) < 4.78 is 11.2. The highest BCUT2D eigenvalue weighted by molar-refractivity contribution is 6.33. The minimum atomic E-state index is -0.705. The number of amides is 1. The Morgan fingerprint density at radius 1 is 1.29 bits per heavy atom. The first-order valence-corrected chi connectivity index (χ1v) is 13.7. The highest BCUT2D eigenvalue weighted by atomic mass is 35.5. The molecule has 0 saturated heterocycles. The van der Waals surface area contributed by atoms with Gasteiger partial charge in [-0.25, -0.2) is 15.0 Å². The summed E-state index contributed by atoms with van der Waals surface area (Å²) in [4.78, 5) is 27.4. The van der Waals surface area contributed by atoms with Gasteiger partial charge >= 0.3 is 0 Å². The van der Waals surface area contributed by atoms with Gasteiger partial charge in [-0.1, -0.05) is 43.4 Å². The molecule has 1 aliphatic carbocycles. The average molecular weight is 540 g/mol.